The minimum atomic E-state index is -1.67. The number of Topliss-reactive ketones (excluding diaryl/α,β-unsaturated/α-hetero) is 2. The number of ketones is 2. The minimum Gasteiger partial charge on any atom is -0.380 e. The van der Waals surface area contributed by atoms with Crippen LogP contribution in [-0.2, 0) is 0 Å². The Labute approximate surface area is 111 Å². The van der Waals surface area contributed by atoms with E-state index < -0.39 is 10.3 Å². The van der Waals surface area contributed by atoms with Crippen molar-refractivity contribution in [1.29, 1.82) is 0 Å². The molecule has 0 radical (unpaired) electrons. The smallest absolute Gasteiger partial charge is 0.196 e. The summed E-state index contributed by atoms with van der Waals surface area (Å²) in [6, 6.07) is 6.69. The van der Waals surface area contributed by atoms with E-state index in [0.717, 1.165) is 0 Å². The van der Waals surface area contributed by atoms with E-state index in [1.807, 2.05) is 6.92 Å². The molecule has 0 saturated heterocycles. The molecule has 0 bridgehead atoms. The van der Waals surface area contributed by atoms with Gasteiger partial charge in [-0.2, -0.15) is 0 Å². The highest BCUT2D eigenvalue weighted by Crippen LogP contribution is 2.44. The standard InChI is InChI=1S/C14H16O3S/c1-4-18-14(3)12(16)10-8-6-5-7-9(10)11(15)13(14,2)17/h5-8,17H,4H2,1-3H3. The van der Waals surface area contributed by atoms with Crippen LogP contribution in [0, 0.1) is 0 Å². The van der Waals surface area contributed by atoms with Crippen molar-refractivity contribution in [2.24, 2.45) is 0 Å². The second-order valence-corrected chi connectivity index (χ2v) is 6.42. The highest BCUT2D eigenvalue weighted by Gasteiger charge is 2.58. The zero-order chi connectivity index (χ0) is 13.6. The fraction of sp³-hybridized carbons (Fsp3) is 0.429. The summed E-state index contributed by atoms with van der Waals surface area (Å²) in [6.07, 6.45) is 0. The van der Waals surface area contributed by atoms with Crippen molar-refractivity contribution >= 4 is 23.3 Å². The van der Waals surface area contributed by atoms with Crippen LogP contribution in [0.5, 0.6) is 0 Å². The van der Waals surface area contributed by atoms with E-state index in [1.165, 1.54) is 18.7 Å². The van der Waals surface area contributed by atoms with Gasteiger partial charge in [-0.15, -0.1) is 11.8 Å². The van der Waals surface area contributed by atoms with Crippen molar-refractivity contribution in [3.05, 3.63) is 35.4 Å². The molecule has 0 fully saturated rings. The SMILES string of the molecule is CCSC1(C)C(=O)c2ccccc2C(=O)C1(C)O. The van der Waals surface area contributed by atoms with Gasteiger partial charge in [0.1, 0.15) is 10.3 Å². The number of thioether (sulfide) groups is 1. The van der Waals surface area contributed by atoms with Crippen molar-refractivity contribution in [3.63, 3.8) is 0 Å². The van der Waals surface area contributed by atoms with E-state index >= 15 is 0 Å². The molecular weight excluding hydrogens is 248 g/mol. The summed E-state index contributed by atoms with van der Waals surface area (Å²) in [6.45, 7) is 4.99. The van der Waals surface area contributed by atoms with Crippen LogP contribution < -0.4 is 0 Å². The maximum atomic E-state index is 12.6. The van der Waals surface area contributed by atoms with Crippen LogP contribution >= 0.6 is 11.8 Å². The lowest BCUT2D eigenvalue weighted by atomic mass is 9.72. The number of rotatable bonds is 2. The topological polar surface area (TPSA) is 54.4 Å². The first-order valence-electron chi connectivity index (χ1n) is 5.91. The van der Waals surface area contributed by atoms with E-state index in [-0.39, 0.29) is 11.6 Å². The van der Waals surface area contributed by atoms with E-state index in [9.17, 15) is 14.7 Å². The number of carbonyl (C=O) groups is 2. The molecule has 0 aliphatic heterocycles. The van der Waals surface area contributed by atoms with Crippen LogP contribution in [0.2, 0.25) is 0 Å². The third-order valence-corrected chi connectivity index (χ3v) is 5.10. The molecule has 2 atom stereocenters. The summed E-state index contributed by atoms with van der Waals surface area (Å²) < 4.78 is -1.12. The van der Waals surface area contributed by atoms with Gasteiger partial charge < -0.3 is 5.11 Å². The molecule has 0 aromatic heterocycles. The summed E-state index contributed by atoms with van der Waals surface area (Å²) in [7, 11) is 0. The molecular formula is C14H16O3S. The molecule has 1 aromatic carbocycles. The molecule has 2 unspecified atom stereocenters. The van der Waals surface area contributed by atoms with Crippen LogP contribution in [0.1, 0.15) is 41.5 Å². The summed E-state index contributed by atoms with van der Waals surface area (Å²) in [4.78, 5) is 24.9. The quantitative estimate of drug-likeness (QED) is 0.890. The predicted molar refractivity (Wildman–Crippen MR) is 72.3 cm³/mol. The Kier molecular flexibility index (Phi) is 3.11. The van der Waals surface area contributed by atoms with E-state index in [4.69, 9.17) is 0 Å². The maximum absolute atomic E-state index is 12.6. The fourth-order valence-electron chi connectivity index (χ4n) is 2.33. The van der Waals surface area contributed by atoms with Gasteiger partial charge in [0.15, 0.2) is 11.6 Å². The molecule has 18 heavy (non-hydrogen) atoms. The molecule has 1 N–H and O–H groups in total. The lowest BCUT2D eigenvalue weighted by molar-refractivity contribution is 0.0201. The number of aliphatic hydroxyl groups is 1. The molecule has 0 spiro atoms. The number of carbonyl (C=O) groups excluding carboxylic acids is 2. The van der Waals surface area contributed by atoms with Gasteiger partial charge in [0.05, 0.1) is 0 Å². The molecule has 0 amide bonds. The molecule has 1 aromatic rings. The number of hydrogen-bond acceptors (Lipinski definition) is 4. The Balaban J connectivity index is 2.68. The van der Waals surface area contributed by atoms with Crippen molar-refractivity contribution in [1.82, 2.24) is 0 Å². The Hall–Kier alpha value is -1.13. The first kappa shape index (κ1) is 13.3. The van der Waals surface area contributed by atoms with Crippen molar-refractivity contribution < 1.29 is 14.7 Å². The van der Waals surface area contributed by atoms with Crippen molar-refractivity contribution in [2.75, 3.05) is 5.75 Å². The van der Waals surface area contributed by atoms with Gasteiger partial charge in [-0.05, 0) is 19.6 Å². The lowest BCUT2D eigenvalue weighted by Gasteiger charge is -2.43. The average molecular weight is 264 g/mol. The first-order chi connectivity index (χ1) is 8.36. The van der Waals surface area contributed by atoms with Crippen molar-refractivity contribution in [3.8, 4) is 0 Å². The van der Waals surface area contributed by atoms with E-state index in [2.05, 4.69) is 0 Å². The Morgan fingerprint density at radius 2 is 1.61 bits per heavy atom. The molecule has 4 heteroatoms. The van der Waals surface area contributed by atoms with Gasteiger partial charge in [0.2, 0.25) is 0 Å². The molecule has 3 nitrogen and oxygen atoms in total. The predicted octanol–water partition coefficient (Wildman–Crippen LogP) is 2.33. The lowest BCUT2D eigenvalue weighted by Crippen LogP contribution is -2.61. The first-order valence-corrected chi connectivity index (χ1v) is 6.89. The molecule has 2 rings (SSSR count). The van der Waals surface area contributed by atoms with Gasteiger partial charge in [0.25, 0.3) is 0 Å². The minimum absolute atomic E-state index is 0.172. The summed E-state index contributed by atoms with van der Waals surface area (Å²) >= 11 is 1.32. The van der Waals surface area contributed by atoms with Gasteiger partial charge in [-0.1, -0.05) is 31.2 Å². The zero-order valence-electron chi connectivity index (χ0n) is 10.7. The Morgan fingerprint density at radius 3 is 2.11 bits per heavy atom. The summed E-state index contributed by atoms with van der Waals surface area (Å²) in [5.74, 6) is 0.115. The van der Waals surface area contributed by atoms with Gasteiger partial charge >= 0.3 is 0 Å². The highest BCUT2D eigenvalue weighted by molar-refractivity contribution is 8.01. The maximum Gasteiger partial charge on any atom is 0.196 e. The van der Waals surface area contributed by atoms with Crippen LogP contribution in [-0.4, -0.2) is 32.8 Å². The number of benzene rings is 1. The van der Waals surface area contributed by atoms with Crippen LogP contribution in [0.3, 0.4) is 0 Å². The second kappa shape index (κ2) is 4.21. The van der Waals surface area contributed by atoms with Gasteiger partial charge in [-0.25, -0.2) is 0 Å². The zero-order valence-corrected chi connectivity index (χ0v) is 11.5. The summed E-state index contributed by atoms with van der Waals surface area (Å²) in [5.41, 5.74) is -0.932. The fourth-order valence-corrected chi connectivity index (χ4v) is 3.52. The molecule has 0 saturated carbocycles. The Bertz CT molecular complexity index is 522. The third kappa shape index (κ3) is 1.56. The van der Waals surface area contributed by atoms with Crippen LogP contribution in [0.4, 0.5) is 0 Å². The molecule has 96 valence electrons. The van der Waals surface area contributed by atoms with Crippen LogP contribution in [0.25, 0.3) is 0 Å². The monoisotopic (exact) mass is 264 g/mol. The summed E-state index contributed by atoms with van der Waals surface area (Å²) in [5, 5.41) is 10.5. The van der Waals surface area contributed by atoms with Crippen molar-refractivity contribution in [2.45, 2.75) is 31.1 Å². The van der Waals surface area contributed by atoms with Crippen LogP contribution in [0.15, 0.2) is 24.3 Å². The van der Waals surface area contributed by atoms with E-state index in [1.54, 1.807) is 31.2 Å². The number of fused-ring (bicyclic) bond motifs is 1. The largest absolute Gasteiger partial charge is 0.380 e. The molecule has 0 heterocycles. The van der Waals surface area contributed by atoms with Gasteiger partial charge in [0, 0.05) is 11.1 Å². The molecule has 1 aliphatic carbocycles. The Morgan fingerprint density at radius 1 is 1.11 bits per heavy atom. The normalized spacial score (nSPS) is 31.3. The highest BCUT2D eigenvalue weighted by atomic mass is 32.2. The van der Waals surface area contributed by atoms with E-state index in [0.29, 0.717) is 16.9 Å². The number of hydrogen-bond donors (Lipinski definition) is 1. The average Bonchev–Trinajstić information content (AvgIpc) is 2.35. The third-order valence-electron chi connectivity index (χ3n) is 3.65. The second-order valence-electron chi connectivity index (χ2n) is 4.74. The van der Waals surface area contributed by atoms with Gasteiger partial charge in [-0.3, -0.25) is 9.59 Å². The molecule has 1 aliphatic rings.